The van der Waals surface area contributed by atoms with Crippen molar-refractivity contribution in [2.45, 2.75) is 40.3 Å². The molecule has 0 saturated carbocycles. The summed E-state index contributed by atoms with van der Waals surface area (Å²) in [6.07, 6.45) is 0. The minimum absolute atomic E-state index is 0.301. The van der Waals surface area contributed by atoms with E-state index in [1.54, 1.807) is 0 Å². The summed E-state index contributed by atoms with van der Waals surface area (Å²) in [5, 5.41) is 7.94. The SMILES string of the molecule is C=C(Br)CNC(C)c1c(C)nn(CC)c1C. The third kappa shape index (κ3) is 2.95. The monoisotopic (exact) mass is 285 g/mol. The maximum Gasteiger partial charge on any atom is 0.0644 e. The van der Waals surface area contributed by atoms with Crippen molar-refractivity contribution in [2.24, 2.45) is 0 Å². The molecule has 0 aliphatic heterocycles. The third-order valence-electron chi connectivity index (χ3n) is 2.77. The second kappa shape index (κ2) is 5.64. The largest absolute Gasteiger partial charge is 0.305 e. The molecule has 4 heteroatoms. The lowest BCUT2D eigenvalue weighted by Gasteiger charge is -2.14. The molecular formula is C12H20BrN3. The number of hydrogen-bond donors (Lipinski definition) is 1. The minimum atomic E-state index is 0.301. The number of hydrogen-bond acceptors (Lipinski definition) is 2. The topological polar surface area (TPSA) is 29.9 Å². The number of aromatic nitrogens is 2. The lowest BCUT2D eigenvalue weighted by molar-refractivity contribution is 0.601. The molecule has 0 radical (unpaired) electrons. The van der Waals surface area contributed by atoms with Gasteiger partial charge < -0.3 is 5.32 Å². The summed E-state index contributed by atoms with van der Waals surface area (Å²) in [6.45, 7) is 14.0. The van der Waals surface area contributed by atoms with Gasteiger partial charge >= 0.3 is 0 Å². The molecule has 0 aliphatic carbocycles. The number of rotatable bonds is 5. The summed E-state index contributed by atoms with van der Waals surface area (Å²) in [5.74, 6) is 0. The molecule has 0 fully saturated rings. The fourth-order valence-electron chi connectivity index (χ4n) is 2.01. The zero-order valence-corrected chi connectivity index (χ0v) is 12.1. The normalized spacial score (nSPS) is 12.8. The number of nitrogens with one attached hydrogen (secondary N) is 1. The van der Waals surface area contributed by atoms with Crippen molar-refractivity contribution in [3.8, 4) is 0 Å². The summed E-state index contributed by atoms with van der Waals surface area (Å²) in [4.78, 5) is 0. The van der Waals surface area contributed by atoms with Gasteiger partial charge in [0.25, 0.3) is 0 Å². The van der Waals surface area contributed by atoms with E-state index in [1.807, 2.05) is 4.68 Å². The summed E-state index contributed by atoms with van der Waals surface area (Å²) in [6, 6.07) is 0.301. The van der Waals surface area contributed by atoms with E-state index in [0.29, 0.717) is 6.04 Å². The van der Waals surface area contributed by atoms with E-state index in [4.69, 9.17) is 0 Å². The highest BCUT2D eigenvalue weighted by Crippen LogP contribution is 2.21. The Bertz CT molecular complexity index is 382. The van der Waals surface area contributed by atoms with Gasteiger partial charge in [-0.3, -0.25) is 4.68 Å². The van der Waals surface area contributed by atoms with Crippen LogP contribution in [0.25, 0.3) is 0 Å². The van der Waals surface area contributed by atoms with Gasteiger partial charge in [-0.15, -0.1) is 0 Å². The van der Waals surface area contributed by atoms with Crippen LogP contribution in [0.1, 0.15) is 36.8 Å². The zero-order chi connectivity index (χ0) is 12.3. The van der Waals surface area contributed by atoms with Crippen LogP contribution in [0.4, 0.5) is 0 Å². The first-order chi connectivity index (χ1) is 7.47. The summed E-state index contributed by atoms with van der Waals surface area (Å²) < 4.78 is 3.02. The van der Waals surface area contributed by atoms with Gasteiger partial charge in [-0.25, -0.2) is 0 Å². The van der Waals surface area contributed by atoms with Gasteiger partial charge in [0.15, 0.2) is 0 Å². The average Bonchev–Trinajstić information content (AvgIpc) is 2.50. The van der Waals surface area contributed by atoms with Crippen LogP contribution in [0.5, 0.6) is 0 Å². The Morgan fingerprint density at radius 2 is 2.19 bits per heavy atom. The van der Waals surface area contributed by atoms with Crippen LogP contribution in [-0.2, 0) is 6.54 Å². The van der Waals surface area contributed by atoms with Gasteiger partial charge in [0.2, 0.25) is 0 Å². The van der Waals surface area contributed by atoms with Crippen LogP contribution >= 0.6 is 15.9 Å². The van der Waals surface area contributed by atoms with Gasteiger partial charge in [-0.05, 0) is 27.7 Å². The van der Waals surface area contributed by atoms with Crippen LogP contribution in [0.3, 0.4) is 0 Å². The first-order valence-corrected chi connectivity index (χ1v) is 6.37. The van der Waals surface area contributed by atoms with E-state index >= 15 is 0 Å². The molecule has 1 N–H and O–H groups in total. The first kappa shape index (κ1) is 13.5. The highest BCUT2D eigenvalue weighted by Gasteiger charge is 2.16. The Morgan fingerprint density at radius 3 is 2.62 bits per heavy atom. The van der Waals surface area contributed by atoms with Crippen molar-refractivity contribution in [2.75, 3.05) is 6.54 Å². The molecule has 16 heavy (non-hydrogen) atoms. The predicted octanol–water partition coefficient (Wildman–Crippen LogP) is 3.08. The Kier molecular flexibility index (Phi) is 4.74. The molecular weight excluding hydrogens is 266 g/mol. The summed E-state index contributed by atoms with van der Waals surface area (Å²) in [7, 11) is 0. The maximum atomic E-state index is 4.52. The Labute approximate surface area is 106 Å². The Balaban J connectivity index is 2.86. The van der Waals surface area contributed by atoms with Crippen molar-refractivity contribution in [3.63, 3.8) is 0 Å². The van der Waals surface area contributed by atoms with Crippen molar-refractivity contribution in [3.05, 3.63) is 28.0 Å². The molecule has 0 aliphatic rings. The molecule has 0 spiro atoms. The van der Waals surface area contributed by atoms with E-state index in [9.17, 15) is 0 Å². The highest BCUT2D eigenvalue weighted by molar-refractivity contribution is 9.11. The molecule has 0 bridgehead atoms. The highest BCUT2D eigenvalue weighted by atomic mass is 79.9. The second-order valence-corrected chi connectivity index (χ2v) is 5.14. The van der Waals surface area contributed by atoms with Gasteiger partial charge in [-0.2, -0.15) is 5.10 Å². The molecule has 1 heterocycles. The van der Waals surface area contributed by atoms with Crippen LogP contribution < -0.4 is 5.32 Å². The first-order valence-electron chi connectivity index (χ1n) is 5.57. The lowest BCUT2D eigenvalue weighted by atomic mass is 10.1. The summed E-state index contributed by atoms with van der Waals surface area (Å²) in [5.41, 5.74) is 3.66. The molecule has 1 unspecified atom stereocenters. The molecule has 1 rings (SSSR count). The predicted molar refractivity (Wildman–Crippen MR) is 71.9 cm³/mol. The minimum Gasteiger partial charge on any atom is -0.305 e. The van der Waals surface area contributed by atoms with Gasteiger partial charge in [0, 0.05) is 34.9 Å². The molecule has 1 aromatic rings. The number of aryl methyl sites for hydroxylation is 2. The van der Waals surface area contributed by atoms with E-state index in [2.05, 4.69) is 60.6 Å². The molecule has 0 aromatic carbocycles. The van der Waals surface area contributed by atoms with Crippen LogP contribution in [0.15, 0.2) is 11.1 Å². The van der Waals surface area contributed by atoms with Crippen molar-refractivity contribution in [1.29, 1.82) is 0 Å². The van der Waals surface area contributed by atoms with Crippen LogP contribution in [0, 0.1) is 13.8 Å². The summed E-state index contributed by atoms with van der Waals surface area (Å²) >= 11 is 3.35. The average molecular weight is 286 g/mol. The number of nitrogens with zero attached hydrogens (tertiary/aromatic N) is 2. The zero-order valence-electron chi connectivity index (χ0n) is 10.5. The quantitative estimate of drug-likeness (QED) is 0.901. The Hall–Kier alpha value is -0.610. The van der Waals surface area contributed by atoms with Crippen molar-refractivity contribution < 1.29 is 0 Å². The lowest BCUT2D eigenvalue weighted by Crippen LogP contribution is -2.20. The van der Waals surface area contributed by atoms with Crippen LogP contribution in [0.2, 0.25) is 0 Å². The van der Waals surface area contributed by atoms with Gasteiger partial charge in [0.05, 0.1) is 5.69 Å². The van der Waals surface area contributed by atoms with Crippen molar-refractivity contribution >= 4 is 15.9 Å². The molecule has 0 saturated heterocycles. The van der Waals surface area contributed by atoms with E-state index in [0.717, 1.165) is 23.3 Å². The molecule has 3 nitrogen and oxygen atoms in total. The van der Waals surface area contributed by atoms with Crippen molar-refractivity contribution in [1.82, 2.24) is 15.1 Å². The van der Waals surface area contributed by atoms with E-state index < -0.39 is 0 Å². The third-order valence-corrected chi connectivity index (χ3v) is 3.05. The molecule has 90 valence electrons. The second-order valence-electron chi connectivity index (χ2n) is 4.02. The Morgan fingerprint density at radius 1 is 1.56 bits per heavy atom. The van der Waals surface area contributed by atoms with Gasteiger partial charge in [0.1, 0.15) is 0 Å². The van der Waals surface area contributed by atoms with E-state index in [-0.39, 0.29) is 0 Å². The fourth-order valence-corrected chi connectivity index (χ4v) is 2.17. The van der Waals surface area contributed by atoms with Crippen LogP contribution in [-0.4, -0.2) is 16.3 Å². The van der Waals surface area contributed by atoms with E-state index in [1.165, 1.54) is 11.3 Å². The smallest absolute Gasteiger partial charge is 0.0644 e. The standard InChI is InChI=1S/C12H20BrN3/c1-6-16-11(5)12(10(4)15-16)9(3)14-7-8(2)13/h9,14H,2,6-7H2,1,3-5H3. The fraction of sp³-hybridized carbons (Fsp3) is 0.583. The molecule has 1 atom stereocenters. The maximum absolute atomic E-state index is 4.52. The molecule has 1 aromatic heterocycles. The molecule has 0 amide bonds. The number of halogens is 1. The van der Waals surface area contributed by atoms with Gasteiger partial charge in [-0.1, -0.05) is 22.5 Å².